The Morgan fingerprint density at radius 2 is 2.10 bits per heavy atom. The quantitative estimate of drug-likeness (QED) is 0.856. The number of halogens is 1. The van der Waals surface area contributed by atoms with E-state index in [-0.39, 0.29) is 11.9 Å². The molecule has 0 fully saturated rings. The molecule has 4 heteroatoms. The van der Waals surface area contributed by atoms with E-state index in [1.807, 2.05) is 12.1 Å². The van der Waals surface area contributed by atoms with Crippen molar-refractivity contribution in [2.24, 2.45) is 0 Å². The van der Waals surface area contributed by atoms with Crippen molar-refractivity contribution in [2.45, 2.75) is 33.2 Å². The maximum absolute atomic E-state index is 13.2. The van der Waals surface area contributed by atoms with Crippen molar-refractivity contribution in [1.29, 1.82) is 0 Å². The van der Waals surface area contributed by atoms with Gasteiger partial charge in [0.15, 0.2) is 0 Å². The van der Waals surface area contributed by atoms with Crippen LogP contribution in [0.2, 0.25) is 0 Å². The van der Waals surface area contributed by atoms with Gasteiger partial charge in [-0.05, 0) is 62.2 Å². The number of aryl methyl sites for hydroxylation is 1. The van der Waals surface area contributed by atoms with Gasteiger partial charge in [0, 0.05) is 18.3 Å². The summed E-state index contributed by atoms with van der Waals surface area (Å²) in [7, 11) is 0. The summed E-state index contributed by atoms with van der Waals surface area (Å²) in [5, 5.41) is 3.42. The summed E-state index contributed by atoms with van der Waals surface area (Å²) in [4.78, 5) is 4.21. The molecule has 1 N–H and O–H groups in total. The lowest BCUT2D eigenvalue weighted by Crippen LogP contribution is -2.19. The molecule has 0 aliphatic rings. The molecule has 0 radical (unpaired) electrons. The Morgan fingerprint density at radius 3 is 2.81 bits per heavy atom. The zero-order valence-electron chi connectivity index (χ0n) is 12.7. The molecule has 0 saturated heterocycles. The number of nitrogens with one attached hydrogen (secondary N) is 1. The minimum Gasteiger partial charge on any atom is -0.439 e. The topological polar surface area (TPSA) is 34.2 Å². The maximum Gasteiger partial charge on any atom is 0.219 e. The first-order valence-corrected chi connectivity index (χ1v) is 7.23. The van der Waals surface area contributed by atoms with Crippen LogP contribution < -0.4 is 10.1 Å². The minimum absolute atomic E-state index is 0.235. The first-order valence-electron chi connectivity index (χ1n) is 7.23. The molecule has 2 aromatic rings. The molecule has 1 unspecified atom stereocenters. The number of benzene rings is 1. The fourth-order valence-electron chi connectivity index (χ4n) is 2.03. The predicted molar refractivity (Wildman–Crippen MR) is 82.2 cm³/mol. The Labute approximate surface area is 125 Å². The highest BCUT2D eigenvalue weighted by Crippen LogP contribution is 2.24. The molecule has 0 saturated carbocycles. The third kappa shape index (κ3) is 4.26. The summed E-state index contributed by atoms with van der Waals surface area (Å²) in [6, 6.07) is 8.80. The van der Waals surface area contributed by atoms with E-state index < -0.39 is 0 Å². The van der Waals surface area contributed by atoms with Gasteiger partial charge >= 0.3 is 0 Å². The summed E-state index contributed by atoms with van der Waals surface area (Å²) in [5.41, 5.74) is 1.67. The summed E-state index contributed by atoms with van der Waals surface area (Å²) in [6.45, 7) is 6.92. The number of ether oxygens (including phenoxy) is 1. The predicted octanol–water partition coefficient (Wildman–Crippen LogP) is 4.38. The van der Waals surface area contributed by atoms with Crippen molar-refractivity contribution >= 4 is 0 Å². The highest BCUT2D eigenvalue weighted by molar-refractivity contribution is 5.33. The highest BCUT2D eigenvalue weighted by Gasteiger charge is 2.07. The van der Waals surface area contributed by atoms with E-state index in [2.05, 4.69) is 24.1 Å². The zero-order chi connectivity index (χ0) is 15.2. The van der Waals surface area contributed by atoms with Gasteiger partial charge in [0.2, 0.25) is 5.88 Å². The molecule has 0 aliphatic carbocycles. The average molecular weight is 288 g/mol. The molecule has 1 aromatic carbocycles. The number of hydrogen-bond donors (Lipinski definition) is 1. The molecule has 0 amide bonds. The summed E-state index contributed by atoms with van der Waals surface area (Å²) < 4.78 is 19.0. The Morgan fingerprint density at radius 1 is 1.29 bits per heavy atom. The SMILES string of the molecule is CCCNC(C)c1ccnc(Oc2ccc(F)c(C)c2)c1. The Kier molecular flexibility index (Phi) is 5.28. The van der Waals surface area contributed by atoms with Crippen LogP contribution >= 0.6 is 0 Å². The first-order chi connectivity index (χ1) is 10.1. The van der Waals surface area contributed by atoms with Crippen LogP contribution in [-0.4, -0.2) is 11.5 Å². The van der Waals surface area contributed by atoms with E-state index in [0.29, 0.717) is 17.2 Å². The van der Waals surface area contributed by atoms with Crippen molar-refractivity contribution in [3.05, 3.63) is 53.5 Å². The van der Waals surface area contributed by atoms with E-state index in [4.69, 9.17) is 4.74 Å². The zero-order valence-corrected chi connectivity index (χ0v) is 12.7. The lowest BCUT2D eigenvalue weighted by Gasteiger charge is -2.14. The van der Waals surface area contributed by atoms with Crippen molar-refractivity contribution in [2.75, 3.05) is 6.54 Å². The van der Waals surface area contributed by atoms with Crippen LogP contribution in [-0.2, 0) is 0 Å². The normalized spacial score (nSPS) is 12.2. The van der Waals surface area contributed by atoms with Crippen LogP contribution in [0.1, 0.15) is 37.4 Å². The largest absolute Gasteiger partial charge is 0.439 e. The molecule has 3 nitrogen and oxygen atoms in total. The molecular weight excluding hydrogens is 267 g/mol. The van der Waals surface area contributed by atoms with Crippen molar-refractivity contribution in [3.63, 3.8) is 0 Å². The Hall–Kier alpha value is -1.94. The molecule has 112 valence electrons. The number of pyridine rings is 1. The second-order valence-electron chi connectivity index (χ2n) is 5.12. The van der Waals surface area contributed by atoms with Crippen LogP contribution in [0.25, 0.3) is 0 Å². The molecule has 0 bridgehead atoms. The third-order valence-corrected chi connectivity index (χ3v) is 3.31. The van der Waals surface area contributed by atoms with Gasteiger partial charge in [-0.2, -0.15) is 0 Å². The fraction of sp³-hybridized carbons (Fsp3) is 0.353. The minimum atomic E-state index is -0.235. The van der Waals surface area contributed by atoms with E-state index in [1.165, 1.54) is 6.07 Å². The lowest BCUT2D eigenvalue weighted by atomic mass is 10.1. The van der Waals surface area contributed by atoms with E-state index in [9.17, 15) is 4.39 Å². The van der Waals surface area contributed by atoms with Gasteiger partial charge in [0.25, 0.3) is 0 Å². The van der Waals surface area contributed by atoms with E-state index in [1.54, 1.807) is 25.3 Å². The molecule has 2 rings (SSSR count). The summed E-state index contributed by atoms with van der Waals surface area (Å²) >= 11 is 0. The van der Waals surface area contributed by atoms with Crippen LogP contribution in [0.15, 0.2) is 36.5 Å². The van der Waals surface area contributed by atoms with Crippen molar-refractivity contribution in [1.82, 2.24) is 10.3 Å². The van der Waals surface area contributed by atoms with Gasteiger partial charge in [-0.15, -0.1) is 0 Å². The molecule has 0 spiro atoms. The summed E-state index contributed by atoms with van der Waals surface area (Å²) in [6.07, 6.45) is 2.82. The molecule has 1 aromatic heterocycles. The van der Waals surface area contributed by atoms with Gasteiger partial charge in [-0.3, -0.25) is 0 Å². The smallest absolute Gasteiger partial charge is 0.219 e. The molecule has 1 atom stereocenters. The number of hydrogen-bond acceptors (Lipinski definition) is 3. The average Bonchev–Trinajstić information content (AvgIpc) is 2.49. The number of nitrogens with zero attached hydrogens (tertiary/aromatic N) is 1. The van der Waals surface area contributed by atoms with Gasteiger partial charge in [-0.25, -0.2) is 9.37 Å². The number of aromatic nitrogens is 1. The van der Waals surface area contributed by atoms with Crippen molar-refractivity contribution in [3.8, 4) is 11.6 Å². The summed E-state index contributed by atoms with van der Waals surface area (Å²) in [5.74, 6) is 0.873. The Bertz CT molecular complexity index is 601. The second-order valence-corrected chi connectivity index (χ2v) is 5.12. The maximum atomic E-state index is 13.2. The van der Waals surface area contributed by atoms with Crippen LogP contribution in [0.4, 0.5) is 4.39 Å². The van der Waals surface area contributed by atoms with E-state index >= 15 is 0 Å². The second kappa shape index (κ2) is 7.18. The van der Waals surface area contributed by atoms with Crippen LogP contribution in [0, 0.1) is 12.7 Å². The van der Waals surface area contributed by atoms with Crippen molar-refractivity contribution < 1.29 is 9.13 Å². The third-order valence-electron chi connectivity index (χ3n) is 3.31. The first kappa shape index (κ1) is 15.4. The van der Waals surface area contributed by atoms with Crippen LogP contribution in [0.5, 0.6) is 11.6 Å². The Balaban J connectivity index is 2.11. The monoisotopic (exact) mass is 288 g/mol. The van der Waals surface area contributed by atoms with Crippen LogP contribution in [0.3, 0.4) is 0 Å². The van der Waals surface area contributed by atoms with Gasteiger partial charge in [0.1, 0.15) is 11.6 Å². The standard InChI is InChI=1S/C17H21FN2O/c1-4-8-19-13(3)14-7-9-20-17(11-14)21-15-5-6-16(18)12(2)10-15/h5-7,9-11,13,19H,4,8H2,1-3H3. The molecule has 21 heavy (non-hydrogen) atoms. The highest BCUT2D eigenvalue weighted by atomic mass is 19.1. The number of rotatable bonds is 6. The van der Waals surface area contributed by atoms with Gasteiger partial charge in [0.05, 0.1) is 0 Å². The molecule has 0 aliphatic heterocycles. The lowest BCUT2D eigenvalue weighted by molar-refractivity contribution is 0.457. The van der Waals surface area contributed by atoms with E-state index in [0.717, 1.165) is 18.5 Å². The van der Waals surface area contributed by atoms with Gasteiger partial charge in [-0.1, -0.05) is 6.92 Å². The fourth-order valence-corrected chi connectivity index (χ4v) is 2.03. The molecule has 1 heterocycles. The van der Waals surface area contributed by atoms with Gasteiger partial charge < -0.3 is 10.1 Å². The molecular formula is C17H21FN2O.